The van der Waals surface area contributed by atoms with Gasteiger partial charge >= 0.3 is 0 Å². The molecule has 1 N–H and O–H groups in total. The summed E-state index contributed by atoms with van der Waals surface area (Å²) in [7, 11) is 0. The van der Waals surface area contributed by atoms with Gasteiger partial charge in [0.05, 0.1) is 17.3 Å². The van der Waals surface area contributed by atoms with Gasteiger partial charge in [0.25, 0.3) is 5.91 Å². The number of hydrogen-bond donors (Lipinski definition) is 1. The van der Waals surface area contributed by atoms with Gasteiger partial charge in [0.15, 0.2) is 11.2 Å². The maximum absolute atomic E-state index is 12.3. The molecule has 1 aliphatic rings. The molecule has 1 amide bonds. The Kier molecular flexibility index (Phi) is 5.11. The van der Waals surface area contributed by atoms with Crippen molar-refractivity contribution in [1.29, 1.82) is 5.26 Å². The molecule has 1 atom stereocenters. The van der Waals surface area contributed by atoms with Crippen molar-refractivity contribution in [2.24, 2.45) is 0 Å². The lowest BCUT2D eigenvalue weighted by Gasteiger charge is -2.13. The van der Waals surface area contributed by atoms with E-state index < -0.39 is 6.10 Å². The lowest BCUT2D eigenvalue weighted by atomic mass is 10.2. The standard InChI is InChI=1S/C18H19N3O2S/c1-12(23-14-7-5-6-13(10-14)11-19)17(22)21-18-20-15-8-3-2-4-9-16(15)24-18/h5-7,10,12H,2-4,8-9H2,1H3,(H,20,21,22). The number of amides is 1. The van der Waals surface area contributed by atoms with Crippen molar-refractivity contribution >= 4 is 22.4 Å². The van der Waals surface area contributed by atoms with Crippen LogP contribution in [0.15, 0.2) is 24.3 Å². The average Bonchev–Trinajstić information content (AvgIpc) is 2.83. The number of nitriles is 1. The third-order valence-electron chi connectivity index (χ3n) is 3.97. The minimum atomic E-state index is -0.664. The Morgan fingerprint density at radius 3 is 3.04 bits per heavy atom. The number of thiazole rings is 1. The third kappa shape index (κ3) is 3.92. The fourth-order valence-electron chi connectivity index (χ4n) is 2.69. The fraction of sp³-hybridized carbons (Fsp3) is 0.389. The highest BCUT2D eigenvalue weighted by Crippen LogP contribution is 2.29. The predicted molar refractivity (Wildman–Crippen MR) is 93.2 cm³/mol. The van der Waals surface area contributed by atoms with E-state index in [-0.39, 0.29) is 5.91 Å². The quantitative estimate of drug-likeness (QED) is 0.861. The van der Waals surface area contributed by atoms with Crippen molar-refractivity contribution in [2.45, 2.75) is 45.1 Å². The summed E-state index contributed by atoms with van der Waals surface area (Å²) < 4.78 is 5.63. The van der Waals surface area contributed by atoms with Gasteiger partial charge in [-0.15, -0.1) is 11.3 Å². The first kappa shape index (κ1) is 16.5. The maximum atomic E-state index is 12.3. The van der Waals surface area contributed by atoms with Crippen LogP contribution in [-0.4, -0.2) is 17.0 Å². The van der Waals surface area contributed by atoms with E-state index in [1.54, 1.807) is 42.5 Å². The van der Waals surface area contributed by atoms with Gasteiger partial charge in [-0.1, -0.05) is 12.5 Å². The molecule has 1 unspecified atom stereocenters. The lowest BCUT2D eigenvalue weighted by molar-refractivity contribution is -0.122. The average molecular weight is 341 g/mol. The lowest BCUT2D eigenvalue weighted by Crippen LogP contribution is -2.30. The summed E-state index contributed by atoms with van der Waals surface area (Å²) in [5.74, 6) is 0.271. The maximum Gasteiger partial charge on any atom is 0.266 e. The van der Waals surface area contributed by atoms with E-state index >= 15 is 0 Å². The van der Waals surface area contributed by atoms with E-state index in [9.17, 15) is 4.79 Å². The number of nitrogens with zero attached hydrogens (tertiary/aromatic N) is 2. The molecule has 1 aliphatic carbocycles. The highest BCUT2D eigenvalue weighted by Gasteiger charge is 2.19. The van der Waals surface area contributed by atoms with Gasteiger partial charge in [0.1, 0.15) is 5.75 Å². The molecule has 1 aromatic carbocycles. The van der Waals surface area contributed by atoms with Crippen LogP contribution in [0.2, 0.25) is 0 Å². The number of nitrogens with one attached hydrogen (secondary N) is 1. The van der Waals surface area contributed by atoms with Crippen LogP contribution in [-0.2, 0) is 17.6 Å². The molecule has 0 aliphatic heterocycles. The summed E-state index contributed by atoms with van der Waals surface area (Å²) in [6.07, 6.45) is 4.99. The summed E-state index contributed by atoms with van der Waals surface area (Å²) in [5, 5.41) is 12.4. The third-order valence-corrected chi connectivity index (χ3v) is 5.04. The molecule has 1 heterocycles. The number of carbonyl (C=O) groups excluding carboxylic acids is 1. The Hall–Kier alpha value is -2.39. The Bertz CT molecular complexity index is 755. The van der Waals surface area contributed by atoms with Crippen LogP contribution in [0.4, 0.5) is 5.13 Å². The smallest absolute Gasteiger partial charge is 0.266 e. The van der Waals surface area contributed by atoms with E-state index in [0.29, 0.717) is 16.4 Å². The van der Waals surface area contributed by atoms with Gasteiger partial charge in [0.2, 0.25) is 0 Å². The summed E-state index contributed by atoms with van der Waals surface area (Å²) in [5.41, 5.74) is 1.63. The molecule has 0 saturated carbocycles. The van der Waals surface area contributed by atoms with Crippen molar-refractivity contribution < 1.29 is 9.53 Å². The molecule has 6 heteroatoms. The fourth-order valence-corrected chi connectivity index (χ4v) is 3.74. The first-order valence-electron chi connectivity index (χ1n) is 8.12. The molecule has 0 fully saturated rings. The Balaban J connectivity index is 1.63. The number of ether oxygens (including phenoxy) is 1. The van der Waals surface area contributed by atoms with Gasteiger partial charge in [-0.25, -0.2) is 4.98 Å². The number of carbonyl (C=O) groups is 1. The van der Waals surface area contributed by atoms with E-state index in [1.165, 1.54) is 24.1 Å². The van der Waals surface area contributed by atoms with E-state index in [0.717, 1.165) is 18.5 Å². The molecule has 0 spiro atoms. The van der Waals surface area contributed by atoms with Gasteiger partial charge in [-0.05, 0) is 50.8 Å². The second-order valence-electron chi connectivity index (χ2n) is 5.84. The van der Waals surface area contributed by atoms with Gasteiger partial charge < -0.3 is 4.74 Å². The van der Waals surface area contributed by atoms with E-state index in [2.05, 4.69) is 16.4 Å². The predicted octanol–water partition coefficient (Wildman–Crippen LogP) is 3.69. The van der Waals surface area contributed by atoms with Crippen molar-refractivity contribution in [3.63, 3.8) is 0 Å². The number of fused-ring (bicyclic) bond motifs is 1. The molecule has 0 saturated heterocycles. The van der Waals surface area contributed by atoms with Crippen molar-refractivity contribution in [3.8, 4) is 11.8 Å². The Morgan fingerprint density at radius 1 is 1.38 bits per heavy atom. The molecule has 0 bridgehead atoms. The van der Waals surface area contributed by atoms with Crippen LogP contribution in [0, 0.1) is 11.3 Å². The van der Waals surface area contributed by atoms with Crippen LogP contribution in [0.5, 0.6) is 5.75 Å². The van der Waals surface area contributed by atoms with Crippen LogP contribution < -0.4 is 10.1 Å². The summed E-state index contributed by atoms with van der Waals surface area (Å²) >= 11 is 1.57. The minimum Gasteiger partial charge on any atom is -0.481 e. The first-order valence-corrected chi connectivity index (χ1v) is 8.93. The van der Waals surface area contributed by atoms with Crippen molar-refractivity contribution in [2.75, 3.05) is 5.32 Å². The molecule has 2 aromatic rings. The molecule has 5 nitrogen and oxygen atoms in total. The zero-order valence-corrected chi connectivity index (χ0v) is 14.4. The Morgan fingerprint density at radius 2 is 2.21 bits per heavy atom. The van der Waals surface area contributed by atoms with Crippen molar-refractivity contribution in [1.82, 2.24) is 4.98 Å². The van der Waals surface area contributed by atoms with Gasteiger partial charge in [0, 0.05) is 4.88 Å². The number of aryl methyl sites for hydroxylation is 2. The van der Waals surface area contributed by atoms with Crippen molar-refractivity contribution in [3.05, 3.63) is 40.4 Å². The van der Waals surface area contributed by atoms with Crippen LogP contribution in [0.25, 0.3) is 0 Å². The Labute approximate surface area is 145 Å². The molecule has 124 valence electrons. The zero-order valence-electron chi connectivity index (χ0n) is 13.5. The topological polar surface area (TPSA) is 75.0 Å². The van der Waals surface area contributed by atoms with Gasteiger partial charge in [-0.3, -0.25) is 10.1 Å². The van der Waals surface area contributed by atoms with Crippen LogP contribution in [0.1, 0.15) is 42.3 Å². The largest absolute Gasteiger partial charge is 0.481 e. The minimum absolute atomic E-state index is 0.235. The number of anilines is 1. The van der Waals surface area contributed by atoms with E-state index in [1.807, 2.05) is 0 Å². The summed E-state index contributed by atoms with van der Waals surface area (Å²) in [6, 6.07) is 8.83. The highest BCUT2D eigenvalue weighted by atomic mass is 32.1. The first-order chi connectivity index (χ1) is 11.7. The van der Waals surface area contributed by atoms with Crippen LogP contribution in [0.3, 0.4) is 0 Å². The number of rotatable bonds is 4. The molecular weight excluding hydrogens is 322 g/mol. The second kappa shape index (κ2) is 7.45. The summed E-state index contributed by atoms with van der Waals surface area (Å²) in [6.45, 7) is 1.69. The number of benzene rings is 1. The monoisotopic (exact) mass is 341 g/mol. The number of aromatic nitrogens is 1. The molecule has 3 rings (SSSR count). The zero-order chi connectivity index (χ0) is 16.9. The van der Waals surface area contributed by atoms with E-state index in [4.69, 9.17) is 10.00 Å². The van der Waals surface area contributed by atoms with Gasteiger partial charge in [-0.2, -0.15) is 5.26 Å². The SMILES string of the molecule is CC(Oc1cccc(C#N)c1)C(=O)Nc1nc2c(s1)CCCCC2. The summed E-state index contributed by atoms with van der Waals surface area (Å²) in [4.78, 5) is 18.2. The second-order valence-corrected chi connectivity index (χ2v) is 6.92. The highest BCUT2D eigenvalue weighted by molar-refractivity contribution is 7.15. The molecular formula is C18H19N3O2S. The molecule has 1 aromatic heterocycles. The van der Waals surface area contributed by atoms with Crippen LogP contribution >= 0.6 is 11.3 Å². The molecule has 24 heavy (non-hydrogen) atoms. The normalized spacial score (nSPS) is 14.8. The number of hydrogen-bond acceptors (Lipinski definition) is 5. The molecule has 0 radical (unpaired) electrons.